The summed E-state index contributed by atoms with van der Waals surface area (Å²) in [5.74, 6) is -0.433. The number of aryl methyl sites for hydroxylation is 2. The maximum Gasteiger partial charge on any atom is 0.306 e. The monoisotopic (exact) mass is 538 g/mol. The molecule has 1 unspecified atom stereocenters. The number of ether oxygens (including phenoxy) is 2. The summed E-state index contributed by atoms with van der Waals surface area (Å²) in [7, 11) is -3.80. The molecule has 9 heteroatoms. The highest BCUT2D eigenvalue weighted by molar-refractivity contribution is 7.89. The molecule has 0 N–H and O–H groups in total. The molecule has 0 amide bonds. The molecular weight excluding hydrogens is 504 g/mol. The van der Waals surface area contributed by atoms with Crippen molar-refractivity contribution in [2.24, 2.45) is 0 Å². The molecule has 202 valence electrons. The summed E-state index contributed by atoms with van der Waals surface area (Å²) in [6.07, 6.45) is 1.46. The van der Waals surface area contributed by atoms with Gasteiger partial charge in [0.2, 0.25) is 10.0 Å². The van der Waals surface area contributed by atoms with Gasteiger partial charge in [-0.15, -0.1) is 0 Å². The lowest BCUT2D eigenvalue weighted by Gasteiger charge is -2.24. The van der Waals surface area contributed by atoms with E-state index in [4.69, 9.17) is 9.47 Å². The predicted octanol–water partition coefficient (Wildman–Crippen LogP) is 4.23. The number of hydrogen-bond donors (Lipinski definition) is 0. The molecule has 8 nitrogen and oxygen atoms in total. The average Bonchev–Trinajstić information content (AvgIpc) is 2.97. The van der Waals surface area contributed by atoms with Crippen molar-refractivity contribution < 1.29 is 22.7 Å². The largest absolute Gasteiger partial charge is 0.488 e. The zero-order chi connectivity index (χ0) is 27.4. The average molecular weight is 539 g/mol. The maximum atomic E-state index is 13.6. The second-order valence-electron chi connectivity index (χ2n) is 9.50. The summed E-state index contributed by atoms with van der Waals surface area (Å²) in [5, 5.41) is 0. The Morgan fingerprint density at radius 1 is 1.11 bits per heavy atom. The highest BCUT2D eigenvalue weighted by atomic mass is 32.2. The van der Waals surface area contributed by atoms with Crippen LogP contribution < -0.4 is 10.3 Å². The minimum Gasteiger partial charge on any atom is -0.488 e. The van der Waals surface area contributed by atoms with Gasteiger partial charge in [-0.2, -0.15) is 4.31 Å². The summed E-state index contributed by atoms with van der Waals surface area (Å²) in [4.78, 5) is 25.3. The summed E-state index contributed by atoms with van der Waals surface area (Å²) in [5.41, 5.74) is 3.11. The van der Waals surface area contributed by atoms with Gasteiger partial charge >= 0.3 is 5.97 Å². The van der Waals surface area contributed by atoms with Crippen LogP contribution in [-0.2, 0) is 32.6 Å². The molecule has 3 aromatic rings. The SMILES string of the molecule is CCOC(=O)CC(c1ccc(C)c(CN2C[C@@H](C)Oc3ccccc3S2(=O)=O)c1)c1ccn(CC)c(=O)c1. The van der Waals surface area contributed by atoms with Crippen LogP contribution in [0.2, 0.25) is 0 Å². The number of aromatic nitrogens is 1. The van der Waals surface area contributed by atoms with E-state index in [9.17, 15) is 18.0 Å². The molecule has 2 atom stereocenters. The Bertz CT molecular complexity index is 1480. The normalized spacial score (nSPS) is 17.6. The Labute approximate surface area is 223 Å². The minimum absolute atomic E-state index is 0.0617. The van der Waals surface area contributed by atoms with Crippen LogP contribution in [0.1, 0.15) is 55.4 Å². The zero-order valence-corrected chi connectivity index (χ0v) is 23.0. The van der Waals surface area contributed by atoms with Gasteiger partial charge in [0.25, 0.3) is 5.56 Å². The van der Waals surface area contributed by atoms with Gasteiger partial charge in [0, 0.05) is 31.3 Å². The quantitative estimate of drug-likeness (QED) is 0.399. The number of carbonyl (C=O) groups is 1. The van der Waals surface area contributed by atoms with Crippen LogP contribution in [0.3, 0.4) is 0 Å². The molecule has 38 heavy (non-hydrogen) atoms. The van der Waals surface area contributed by atoms with E-state index in [2.05, 4.69) is 0 Å². The first-order valence-corrected chi connectivity index (χ1v) is 14.3. The second kappa shape index (κ2) is 11.5. The number of hydrogen-bond acceptors (Lipinski definition) is 6. The lowest BCUT2D eigenvalue weighted by molar-refractivity contribution is -0.143. The molecule has 0 aliphatic carbocycles. The van der Waals surface area contributed by atoms with E-state index < -0.39 is 15.9 Å². The number of nitrogens with zero attached hydrogens (tertiary/aromatic N) is 2. The lowest BCUT2D eigenvalue weighted by atomic mass is 9.87. The van der Waals surface area contributed by atoms with Gasteiger partial charge < -0.3 is 14.0 Å². The van der Waals surface area contributed by atoms with E-state index in [1.807, 2.05) is 45.0 Å². The number of rotatable bonds is 8. The summed E-state index contributed by atoms with van der Waals surface area (Å²) < 4.78 is 41.3. The highest BCUT2D eigenvalue weighted by Crippen LogP contribution is 2.34. The van der Waals surface area contributed by atoms with Crippen molar-refractivity contribution >= 4 is 16.0 Å². The third-order valence-electron chi connectivity index (χ3n) is 6.82. The topological polar surface area (TPSA) is 94.9 Å². The van der Waals surface area contributed by atoms with E-state index in [0.717, 1.165) is 16.7 Å². The van der Waals surface area contributed by atoms with Crippen molar-refractivity contribution in [2.75, 3.05) is 13.2 Å². The van der Waals surface area contributed by atoms with Gasteiger partial charge in [-0.05, 0) is 68.1 Å². The molecule has 1 aromatic heterocycles. The number of esters is 1. The molecule has 0 saturated carbocycles. The van der Waals surface area contributed by atoms with Gasteiger partial charge in [-0.1, -0.05) is 30.3 Å². The van der Waals surface area contributed by atoms with Crippen LogP contribution in [0.25, 0.3) is 0 Å². The van der Waals surface area contributed by atoms with Gasteiger partial charge in [-0.25, -0.2) is 8.42 Å². The van der Waals surface area contributed by atoms with Crippen molar-refractivity contribution in [3.63, 3.8) is 0 Å². The first-order chi connectivity index (χ1) is 18.1. The van der Waals surface area contributed by atoms with Crippen LogP contribution in [0.15, 0.2) is 70.5 Å². The van der Waals surface area contributed by atoms with Gasteiger partial charge in [0.1, 0.15) is 16.7 Å². The van der Waals surface area contributed by atoms with Gasteiger partial charge in [0.05, 0.1) is 19.6 Å². The van der Waals surface area contributed by atoms with Crippen LogP contribution >= 0.6 is 0 Å². The molecule has 2 aromatic carbocycles. The number of fused-ring (bicyclic) bond motifs is 1. The number of para-hydroxylation sites is 1. The molecule has 0 radical (unpaired) electrons. The summed E-state index contributed by atoms with van der Waals surface area (Å²) in [6.45, 7) is 8.58. The Kier molecular flexibility index (Phi) is 8.38. The molecule has 0 saturated heterocycles. The van der Waals surface area contributed by atoms with Crippen LogP contribution in [0.5, 0.6) is 5.75 Å². The van der Waals surface area contributed by atoms with Crippen LogP contribution in [0.4, 0.5) is 0 Å². The molecule has 1 aliphatic heterocycles. The first kappa shape index (κ1) is 27.6. The van der Waals surface area contributed by atoms with E-state index in [-0.39, 0.29) is 48.6 Å². The Balaban J connectivity index is 1.73. The predicted molar refractivity (Wildman–Crippen MR) is 145 cm³/mol. The third-order valence-corrected chi connectivity index (χ3v) is 8.67. The number of pyridine rings is 1. The highest BCUT2D eigenvalue weighted by Gasteiger charge is 2.33. The molecule has 0 bridgehead atoms. The molecule has 0 fully saturated rings. The van der Waals surface area contributed by atoms with Gasteiger partial charge in [-0.3, -0.25) is 9.59 Å². The lowest BCUT2D eigenvalue weighted by Crippen LogP contribution is -2.35. The maximum absolute atomic E-state index is 13.6. The van der Waals surface area contributed by atoms with Crippen molar-refractivity contribution in [2.45, 2.75) is 64.1 Å². The minimum atomic E-state index is -3.80. The second-order valence-corrected chi connectivity index (χ2v) is 11.4. The fraction of sp³-hybridized carbons (Fsp3) is 0.379. The number of benzene rings is 2. The molecule has 2 heterocycles. The molecule has 1 aliphatic rings. The Hall–Kier alpha value is -3.43. The smallest absolute Gasteiger partial charge is 0.306 e. The van der Waals surface area contributed by atoms with Crippen molar-refractivity contribution in [1.29, 1.82) is 0 Å². The Morgan fingerprint density at radius 3 is 2.55 bits per heavy atom. The van der Waals surface area contributed by atoms with Gasteiger partial charge in [0.15, 0.2) is 0 Å². The molecular formula is C29H34N2O6S. The molecule has 0 spiro atoms. The van der Waals surface area contributed by atoms with Crippen molar-refractivity contribution in [1.82, 2.24) is 8.87 Å². The van der Waals surface area contributed by atoms with Crippen molar-refractivity contribution in [3.05, 3.63) is 93.4 Å². The van der Waals surface area contributed by atoms with Crippen LogP contribution in [-0.4, -0.2) is 42.5 Å². The zero-order valence-electron chi connectivity index (χ0n) is 22.2. The first-order valence-electron chi connectivity index (χ1n) is 12.8. The number of carbonyl (C=O) groups excluding carboxylic acids is 1. The fourth-order valence-electron chi connectivity index (χ4n) is 4.77. The van der Waals surface area contributed by atoms with E-state index >= 15 is 0 Å². The standard InChI is InChI=1S/C29H34N2O6S/c1-5-30-14-13-23(16-28(30)32)25(17-29(33)36-6-2)22-12-11-20(3)24(15-22)19-31-18-21(4)37-26-9-7-8-10-27(26)38(31,34)35/h7-16,21,25H,5-6,17-19H2,1-4H3/t21-,25?/m1/s1. The fourth-order valence-corrected chi connectivity index (χ4v) is 6.39. The van der Waals surface area contributed by atoms with E-state index in [1.54, 1.807) is 48.0 Å². The van der Waals surface area contributed by atoms with Crippen LogP contribution in [0, 0.1) is 6.92 Å². The summed E-state index contributed by atoms with van der Waals surface area (Å²) >= 11 is 0. The third kappa shape index (κ3) is 5.84. The van der Waals surface area contributed by atoms with E-state index in [1.165, 1.54) is 4.31 Å². The molecule has 4 rings (SSSR count). The van der Waals surface area contributed by atoms with Crippen molar-refractivity contribution in [3.8, 4) is 5.75 Å². The number of sulfonamides is 1. The van der Waals surface area contributed by atoms with E-state index in [0.29, 0.717) is 17.9 Å². The summed E-state index contributed by atoms with van der Waals surface area (Å²) in [6, 6.07) is 15.9. The Morgan fingerprint density at radius 2 is 1.84 bits per heavy atom.